The van der Waals surface area contributed by atoms with Crippen LogP contribution in [0.1, 0.15) is 24.0 Å². The number of nitrogens with zero attached hydrogens (tertiary/aromatic N) is 1. The number of halogens is 2. The molecule has 2 aromatic rings. The zero-order chi connectivity index (χ0) is 22.4. The van der Waals surface area contributed by atoms with Gasteiger partial charge in [-0.25, -0.2) is 4.79 Å². The van der Waals surface area contributed by atoms with E-state index in [2.05, 4.69) is 18.0 Å². The minimum atomic E-state index is -0.634. The summed E-state index contributed by atoms with van der Waals surface area (Å²) in [6.07, 6.45) is 1.50. The van der Waals surface area contributed by atoms with Gasteiger partial charge >= 0.3 is 5.97 Å². The summed E-state index contributed by atoms with van der Waals surface area (Å²) < 4.78 is 5.31. The molecule has 1 aliphatic heterocycles. The molecule has 158 valence electrons. The standard InChI is InChI=1S/C24H20Cl2N2O2S/c1-3-12-30-24(29)21-15(2)28-23(31-14-16-8-10-17(25)11-9-16)19(13-27)22(21)18-6-4-5-7-20(18)26/h3-11,22,28H,1,12,14H2,2H3/t22-/m1/s1. The topological polar surface area (TPSA) is 62.1 Å². The van der Waals surface area contributed by atoms with E-state index in [9.17, 15) is 10.1 Å². The van der Waals surface area contributed by atoms with Crippen LogP contribution in [0.25, 0.3) is 0 Å². The Morgan fingerprint density at radius 2 is 1.97 bits per heavy atom. The number of nitrogens with one attached hydrogen (secondary N) is 1. The highest BCUT2D eigenvalue weighted by molar-refractivity contribution is 8.02. The Bertz CT molecular complexity index is 1100. The molecule has 0 unspecified atom stereocenters. The Hall–Kier alpha value is -2.65. The van der Waals surface area contributed by atoms with Gasteiger partial charge < -0.3 is 10.1 Å². The summed E-state index contributed by atoms with van der Waals surface area (Å²) >= 11 is 13.9. The predicted octanol–water partition coefficient (Wildman–Crippen LogP) is 6.35. The van der Waals surface area contributed by atoms with Gasteiger partial charge in [-0.05, 0) is 36.2 Å². The third-order valence-electron chi connectivity index (χ3n) is 4.71. The van der Waals surface area contributed by atoms with Crippen LogP contribution in [-0.2, 0) is 15.3 Å². The van der Waals surface area contributed by atoms with Crippen molar-refractivity contribution >= 4 is 40.9 Å². The van der Waals surface area contributed by atoms with Gasteiger partial charge in [0.15, 0.2) is 0 Å². The first-order chi connectivity index (χ1) is 15.0. The number of benzene rings is 2. The third kappa shape index (κ3) is 5.34. The van der Waals surface area contributed by atoms with Crippen molar-refractivity contribution < 1.29 is 9.53 Å². The van der Waals surface area contributed by atoms with Gasteiger partial charge in [0, 0.05) is 21.5 Å². The van der Waals surface area contributed by atoms with Gasteiger partial charge in [-0.15, -0.1) is 11.8 Å². The van der Waals surface area contributed by atoms with Crippen LogP contribution in [0.3, 0.4) is 0 Å². The van der Waals surface area contributed by atoms with Crippen LogP contribution in [-0.4, -0.2) is 12.6 Å². The number of rotatable bonds is 7. The van der Waals surface area contributed by atoms with Crippen LogP contribution >= 0.6 is 35.0 Å². The zero-order valence-corrected chi connectivity index (χ0v) is 19.2. The van der Waals surface area contributed by atoms with E-state index in [1.54, 1.807) is 13.0 Å². The van der Waals surface area contributed by atoms with E-state index >= 15 is 0 Å². The van der Waals surface area contributed by atoms with Gasteiger partial charge in [0.1, 0.15) is 6.61 Å². The highest BCUT2D eigenvalue weighted by Gasteiger charge is 2.36. The molecule has 31 heavy (non-hydrogen) atoms. The zero-order valence-electron chi connectivity index (χ0n) is 16.8. The lowest BCUT2D eigenvalue weighted by Gasteiger charge is -2.29. The van der Waals surface area contributed by atoms with Crippen LogP contribution in [0.5, 0.6) is 0 Å². The fourth-order valence-corrected chi connectivity index (χ4v) is 4.68. The first-order valence-electron chi connectivity index (χ1n) is 9.48. The second kappa shape index (κ2) is 10.6. The average molecular weight is 471 g/mol. The monoisotopic (exact) mass is 470 g/mol. The quantitative estimate of drug-likeness (QED) is 0.377. The van der Waals surface area contributed by atoms with Crippen LogP contribution in [0, 0.1) is 11.3 Å². The molecule has 2 aromatic carbocycles. The lowest BCUT2D eigenvalue weighted by Crippen LogP contribution is -2.29. The van der Waals surface area contributed by atoms with Crippen LogP contribution in [0.2, 0.25) is 10.0 Å². The summed E-state index contributed by atoms with van der Waals surface area (Å²) in [6, 6.07) is 17.1. The molecule has 0 radical (unpaired) electrons. The van der Waals surface area contributed by atoms with Gasteiger partial charge in [-0.3, -0.25) is 0 Å². The minimum Gasteiger partial charge on any atom is -0.458 e. The van der Waals surface area contributed by atoms with E-state index in [1.807, 2.05) is 42.5 Å². The normalized spacial score (nSPS) is 15.9. The fraction of sp³-hybridized carbons (Fsp3) is 0.167. The summed E-state index contributed by atoms with van der Waals surface area (Å²) in [5.74, 6) is -0.516. The van der Waals surface area contributed by atoms with Gasteiger partial charge in [0.2, 0.25) is 0 Å². The van der Waals surface area contributed by atoms with Gasteiger partial charge in [0.25, 0.3) is 0 Å². The molecule has 1 N–H and O–H groups in total. The molecule has 1 heterocycles. The molecule has 4 nitrogen and oxygen atoms in total. The number of carbonyl (C=O) groups is 1. The van der Waals surface area contributed by atoms with Crippen molar-refractivity contribution in [3.63, 3.8) is 0 Å². The number of esters is 1. The number of allylic oxidation sites excluding steroid dienone is 2. The number of nitriles is 1. The molecular weight excluding hydrogens is 451 g/mol. The first kappa shape index (κ1) is 23.0. The maximum absolute atomic E-state index is 12.9. The van der Waals surface area contributed by atoms with Crippen LogP contribution in [0.4, 0.5) is 0 Å². The van der Waals surface area contributed by atoms with Crippen molar-refractivity contribution in [3.05, 3.63) is 104 Å². The number of dihydropyridines is 1. The summed E-state index contributed by atoms with van der Waals surface area (Å²) in [7, 11) is 0. The number of ether oxygens (including phenoxy) is 1. The predicted molar refractivity (Wildman–Crippen MR) is 127 cm³/mol. The molecule has 0 bridgehead atoms. The SMILES string of the molecule is C=CCOC(=O)C1=C(C)NC(SCc2ccc(Cl)cc2)=C(C#N)[C@H]1c1ccccc1Cl. The van der Waals surface area contributed by atoms with E-state index in [-0.39, 0.29) is 6.61 Å². The number of hydrogen-bond donors (Lipinski definition) is 1. The van der Waals surface area contributed by atoms with Crippen molar-refractivity contribution in [2.24, 2.45) is 0 Å². The number of thioether (sulfide) groups is 1. The average Bonchev–Trinajstić information content (AvgIpc) is 2.77. The molecule has 0 amide bonds. The lowest BCUT2D eigenvalue weighted by atomic mass is 9.82. The molecule has 0 spiro atoms. The Kier molecular flexibility index (Phi) is 7.86. The summed E-state index contributed by atoms with van der Waals surface area (Å²) in [4.78, 5) is 12.9. The largest absolute Gasteiger partial charge is 0.458 e. The molecular formula is C24H20Cl2N2O2S. The van der Waals surface area contributed by atoms with Crippen molar-refractivity contribution in [1.29, 1.82) is 5.26 Å². The van der Waals surface area contributed by atoms with E-state index < -0.39 is 11.9 Å². The van der Waals surface area contributed by atoms with Crippen molar-refractivity contribution in [2.75, 3.05) is 6.61 Å². The fourth-order valence-electron chi connectivity index (χ4n) is 3.27. The third-order valence-corrected chi connectivity index (χ3v) is 6.40. The van der Waals surface area contributed by atoms with Crippen LogP contribution < -0.4 is 5.32 Å². The van der Waals surface area contributed by atoms with Crippen LogP contribution in [0.15, 0.2) is 83.1 Å². The minimum absolute atomic E-state index is 0.0780. The molecule has 0 aliphatic carbocycles. The summed E-state index contributed by atoms with van der Waals surface area (Å²) in [6.45, 7) is 5.46. The molecule has 0 fully saturated rings. The molecule has 0 saturated carbocycles. The van der Waals surface area contributed by atoms with Gasteiger partial charge in [-0.1, -0.05) is 66.2 Å². The molecule has 1 aliphatic rings. The van der Waals surface area contributed by atoms with E-state index in [0.29, 0.717) is 43.2 Å². The maximum Gasteiger partial charge on any atom is 0.337 e. The van der Waals surface area contributed by atoms with Gasteiger partial charge in [0.05, 0.1) is 28.2 Å². The molecule has 3 rings (SSSR count). The highest BCUT2D eigenvalue weighted by Crippen LogP contribution is 2.43. The molecule has 0 aromatic heterocycles. The Morgan fingerprint density at radius 1 is 1.26 bits per heavy atom. The Morgan fingerprint density at radius 3 is 2.61 bits per heavy atom. The number of carbonyl (C=O) groups excluding carboxylic acids is 1. The van der Waals surface area contributed by atoms with E-state index in [4.69, 9.17) is 27.9 Å². The van der Waals surface area contributed by atoms with Crippen molar-refractivity contribution in [1.82, 2.24) is 5.32 Å². The van der Waals surface area contributed by atoms with Crippen molar-refractivity contribution in [2.45, 2.75) is 18.6 Å². The smallest absolute Gasteiger partial charge is 0.337 e. The first-order valence-corrected chi connectivity index (χ1v) is 11.2. The second-order valence-electron chi connectivity index (χ2n) is 6.78. The highest BCUT2D eigenvalue weighted by atomic mass is 35.5. The number of hydrogen-bond acceptors (Lipinski definition) is 5. The molecule has 0 saturated heterocycles. The Labute approximate surface area is 196 Å². The maximum atomic E-state index is 12.9. The van der Waals surface area contributed by atoms with Gasteiger partial charge in [-0.2, -0.15) is 5.26 Å². The van der Waals surface area contributed by atoms with E-state index in [1.165, 1.54) is 17.8 Å². The lowest BCUT2D eigenvalue weighted by molar-refractivity contribution is -0.138. The summed E-state index contributed by atoms with van der Waals surface area (Å²) in [5.41, 5.74) is 3.15. The molecule has 1 atom stereocenters. The summed E-state index contributed by atoms with van der Waals surface area (Å²) in [5, 5.41) is 15.1. The Balaban J connectivity index is 2.02. The van der Waals surface area contributed by atoms with Crippen molar-refractivity contribution in [3.8, 4) is 6.07 Å². The second-order valence-corrected chi connectivity index (χ2v) is 8.60. The van der Waals surface area contributed by atoms with E-state index in [0.717, 1.165) is 5.56 Å². The molecule has 7 heteroatoms.